The second-order valence-electron chi connectivity index (χ2n) is 3.28. The fourth-order valence-corrected chi connectivity index (χ4v) is 3.41. The Kier molecular flexibility index (Phi) is 3.29. The Morgan fingerprint density at radius 3 is 2.56 bits per heavy atom. The average molecular weight is 338 g/mol. The first kappa shape index (κ1) is 12.4. The minimum Gasteiger partial charge on any atom is -0.328 e. The van der Waals surface area contributed by atoms with Crippen molar-refractivity contribution in [1.29, 1.82) is 0 Å². The summed E-state index contributed by atoms with van der Waals surface area (Å²) in [7, 11) is 0. The molecule has 0 radical (unpaired) electrons. The molecule has 0 saturated heterocycles. The van der Waals surface area contributed by atoms with Gasteiger partial charge in [0.05, 0.1) is 27.1 Å². The SMILES string of the molecule is Clc1csc(Nc2c(Cl)cc(Cl)c3c2N=S=N3)n1. The van der Waals surface area contributed by atoms with Gasteiger partial charge in [0.25, 0.3) is 0 Å². The highest BCUT2D eigenvalue weighted by Gasteiger charge is 2.19. The maximum atomic E-state index is 6.16. The quantitative estimate of drug-likeness (QED) is 0.664. The van der Waals surface area contributed by atoms with Gasteiger partial charge < -0.3 is 5.32 Å². The molecule has 1 N–H and O–H groups in total. The zero-order valence-corrected chi connectivity index (χ0v) is 12.3. The van der Waals surface area contributed by atoms with E-state index in [1.165, 1.54) is 11.3 Å². The molecule has 2 aromatic rings. The third kappa shape index (κ3) is 2.15. The Balaban J connectivity index is 2.08. The van der Waals surface area contributed by atoms with Gasteiger partial charge in [0.15, 0.2) is 5.13 Å². The summed E-state index contributed by atoms with van der Waals surface area (Å²) in [4.78, 5) is 4.10. The molecule has 9 heteroatoms. The Bertz CT molecular complexity index is 706. The highest BCUT2D eigenvalue weighted by Crippen LogP contribution is 2.48. The molecule has 18 heavy (non-hydrogen) atoms. The van der Waals surface area contributed by atoms with E-state index in [2.05, 4.69) is 19.0 Å². The lowest BCUT2D eigenvalue weighted by Crippen LogP contribution is -1.91. The number of hydrogen-bond donors (Lipinski definition) is 1. The van der Waals surface area contributed by atoms with Crippen LogP contribution < -0.4 is 5.32 Å². The lowest BCUT2D eigenvalue weighted by molar-refractivity contribution is 1.38. The van der Waals surface area contributed by atoms with Gasteiger partial charge >= 0.3 is 0 Å². The molecular weight excluding hydrogens is 335 g/mol. The number of anilines is 2. The Morgan fingerprint density at radius 2 is 1.83 bits per heavy atom. The van der Waals surface area contributed by atoms with Crippen molar-refractivity contribution in [2.24, 2.45) is 8.73 Å². The van der Waals surface area contributed by atoms with Gasteiger partial charge in [0.2, 0.25) is 0 Å². The van der Waals surface area contributed by atoms with Crippen molar-refractivity contribution in [2.45, 2.75) is 0 Å². The standard InChI is InChI=1S/C9H3Cl3N4S2/c10-3-1-4(11)7-8(16-18-15-7)6(3)14-9-13-5(12)2-17-9/h1-2H,(H,13,14). The molecule has 0 spiro atoms. The monoisotopic (exact) mass is 336 g/mol. The van der Waals surface area contributed by atoms with Crippen molar-refractivity contribution in [3.8, 4) is 0 Å². The Morgan fingerprint density at radius 1 is 1.06 bits per heavy atom. The minimum absolute atomic E-state index is 0.431. The second-order valence-corrected chi connectivity index (χ2v) is 5.87. The van der Waals surface area contributed by atoms with Gasteiger partial charge in [-0.1, -0.05) is 34.8 Å². The van der Waals surface area contributed by atoms with Crippen LogP contribution in [0.15, 0.2) is 20.2 Å². The number of thiazole rings is 1. The van der Waals surface area contributed by atoms with Gasteiger partial charge in [-0.05, 0) is 6.07 Å². The number of halogens is 3. The van der Waals surface area contributed by atoms with Crippen molar-refractivity contribution in [1.82, 2.24) is 4.98 Å². The summed E-state index contributed by atoms with van der Waals surface area (Å²) >= 11 is 20.4. The molecule has 3 rings (SSSR count). The van der Waals surface area contributed by atoms with Crippen LogP contribution in [0.3, 0.4) is 0 Å². The van der Waals surface area contributed by atoms with Crippen molar-refractivity contribution in [2.75, 3.05) is 5.32 Å². The maximum Gasteiger partial charge on any atom is 0.188 e. The molecule has 4 nitrogen and oxygen atoms in total. The zero-order valence-electron chi connectivity index (χ0n) is 8.45. The molecule has 1 aliphatic heterocycles. The molecule has 0 saturated carbocycles. The largest absolute Gasteiger partial charge is 0.328 e. The van der Waals surface area contributed by atoms with Gasteiger partial charge in [0.1, 0.15) is 16.5 Å². The predicted octanol–water partition coefficient (Wildman–Crippen LogP) is 5.57. The molecule has 1 aromatic heterocycles. The number of nitrogens with one attached hydrogen (secondary N) is 1. The van der Waals surface area contributed by atoms with Gasteiger partial charge in [-0.3, -0.25) is 0 Å². The van der Waals surface area contributed by atoms with E-state index in [-0.39, 0.29) is 0 Å². The summed E-state index contributed by atoms with van der Waals surface area (Å²) in [5, 5.41) is 6.82. The van der Waals surface area contributed by atoms with Crippen LogP contribution in [0.2, 0.25) is 15.2 Å². The number of benzene rings is 1. The topological polar surface area (TPSA) is 49.6 Å². The Labute approximate surface area is 125 Å². The highest BCUT2D eigenvalue weighted by atomic mass is 35.5. The van der Waals surface area contributed by atoms with Crippen molar-refractivity contribution in [3.63, 3.8) is 0 Å². The third-order valence-corrected chi connectivity index (χ3v) is 4.35. The van der Waals surface area contributed by atoms with Crippen LogP contribution in [0.5, 0.6) is 0 Å². The van der Waals surface area contributed by atoms with Crippen LogP contribution >= 0.6 is 46.1 Å². The molecule has 1 aliphatic rings. The predicted molar refractivity (Wildman–Crippen MR) is 78.4 cm³/mol. The van der Waals surface area contributed by atoms with Gasteiger partial charge in [-0.15, -0.1) is 11.3 Å². The van der Waals surface area contributed by atoms with E-state index >= 15 is 0 Å². The fraction of sp³-hybridized carbons (Fsp3) is 0. The number of rotatable bonds is 2. The molecule has 1 aromatic carbocycles. The summed E-state index contributed by atoms with van der Waals surface area (Å²) in [5.41, 5.74) is 1.89. The van der Waals surface area contributed by atoms with Crippen molar-refractivity contribution >= 4 is 79.7 Å². The first-order chi connectivity index (χ1) is 8.65. The Hall–Kier alpha value is -0.660. The van der Waals surface area contributed by atoms with Crippen LogP contribution in [0.25, 0.3) is 0 Å². The summed E-state index contributed by atoms with van der Waals surface area (Å²) in [5.74, 6) is 0. The van der Waals surface area contributed by atoms with E-state index in [1.807, 2.05) is 0 Å². The number of hydrogen-bond acceptors (Lipinski definition) is 5. The van der Waals surface area contributed by atoms with Crippen LogP contribution in [0.1, 0.15) is 0 Å². The first-order valence-electron chi connectivity index (χ1n) is 4.63. The molecule has 0 aliphatic carbocycles. The summed E-state index contributed by atoms with van der Waals surface area (Å²) in [6.07, 6.45) is 0. The van der Waals surface area contributed by atoms with E-state index < -0.39 is 0 Å². The van der Waals surface area contributed by atoms with Crippen LogP contribution in [-0.2, 0) is 11.4 Å². The number of aromatic nitrogens is 1. The van der Waals surface area contributed by atoms with Gasteiger partial charge in [-0.25, -0.2) is 4.98 Å². The highest BCUT2D eigenvalue weighted by molar-refractivity contribution is 7.58. The number of fused-ring (bicyclic) bond motifs is 1. The lowest BCUT2D eigenvalue weighted by atomic mass is 10.2. The molecule has 0 unspecified atom stereocenters. The summed E-state index contributed by atoms with van der Waals surface area (Å²) in [6, 6.07) is 1.63. The zero-order chi connectivity index (χ0) is 12.7. The van der Waals surface area contributed by atoms with E-state index in [9.17, 15) is 0 Å². The van der Waals surface area contributed by atoms with E-state index in [0.29, 0.717) is 37.4 Å². The second kappa shape index (κ2) is 4.79. The first-order valence-corrected chi connectivity index (χ1v) is 7.38. The van der Waals surface area contributed by atoms with Crippen molar-refractivity contribution < 1.29 is 0 Å². The third-order valence-electron chi connectivity index (χ3n) is 2.15. The van der Waals surface area contributed by atoms with Crippen LogP contribution in [0.4, 0.5) is 22.2 Å². The smallest absolute Gasteiger partial charge is 0.188 e. The maximum absolute atomic E-state index is 6.16. The summed E-state index contributed by atoms with van der Waals surface area (Å²) < 4.78 is 8.31. The van der Waals surface area contributed by atoms with Crippen LogP contribution in [-0.4, -0.2) is 4.98 Å². The normalized spacial score (nSPS) is 12.4. The number of nitrogens with zero attached hydrogens (tertiary/aromatic N) is 3. The van der Waals surface area contributed by atoms with E-state index in [0.717, 1.165) is 11.4 Å². The fourth-order valence-electron chi connectivity index (χ4n) is 1.41. The summed E-state index contributed by atoms with van der Waals surface area (Å²) in [6.45, 7) is 0. The van der Waals surface area contributed by atoms with E-state index in [4.69, 9.17) is 34.8 Å². The molecular formula is C9H3Cl3N4S2. The van der Waals surface area contributed by atoms with Crippen molar-refractivity contribution in [3.05, 3.63) is 26.6 Å². The molecule has 92 valence electrons. The molecule has 2 heterocycles. The van der Waals surface area contributed by atoms with Gasteiger partial charge in [0, 0.05) is 5.38 Å². The molecule has 0 atom stereocenters. The molecule has 0 amide bonds. The minimum atomic E-state index is 0.431. The lowest BCUT2D eigenvalue weighted by Gasteiger charge is -2.09. The van der Waals surface area contributed by atoms with Gasteiger partial charge in [-0.2, -0.15) is 8.73 Å². The molecule has 0 fully saturated rings. The molecule has 0 bridgehead atoms. The average Bonchev–Trinajstić information content (AvgIpc) is 2.93. The van der Waals surface area contributed by atoms with Crippen LogP contribution in [0, 0.1) is 0 Å². The van der Waals surface area contributed by atoms with E-state index in [1.54, 1.807) is 11.4 Å².